The fraction of sp³-hybridized carbons (Fsp3) is 0.429. The molecular weight excluding hydrogens is 612 g/mol. The van der Waals surface area contributed by atoms with Crippen LogP contribution in [0.1, 0.15) is 25.7 Å². The fourth-order valence-electron chi connectivity index (χ4n) is 5.08. The minimum atomic E-state index is -3.61. The van der Waals surface area contributed by atoms with Crippen molar-refractivity contribution in [3.63, 3.8) is 0 Å². The Kier molecular flexibility index (Phi) is 10.4. The highest BCUT2D eigenvalue weighted by molar-refractivity contribution is 7.88. The quantitative estimate of drug-likeness (QED) is 0.174. The summed E-state index contributed by atoms with van der Waals surface area (Å²) in [7, 11) is -7.22. The van der Waals surface area contributed by atoms with E-state index in [4.69, 9.17) is 0 Å². The first-order valence-corrected chi connectivity index (χ1v) is 17.8. The third-order valence-corrected chi connectivity index (χ3v) is 9.97. The molecule has 0 aliphatic rings. The number of nitrogens with zero attached hydrogens (tertiary/aromatic N) is 4. The van der Waals surface area contributed by atoms with Crippen molar-refractivity contribution in [3.05, 3.63) is 90.2 Å². The Morgan fingerprint density at radius 2 is 0.909 bits per heavy atom. The number of benzene rings is 2. The second kappa shape index (κ2) is 13.8. The monoisotopic (exact) mass is 648 g/mol. The van der Waals surface area contributed by atoms with Crippen LogP contribution in [0.4, 0.5) is 0 Å². The summed E-state index contributed by atoms with van der Waals surface area (Å²) >= 11 is 0. The van der Waals surface area contributed by atoms with Gasteiger partial charge in [0, 0.05) is 39.3 Å². The Morgan fingerprint density at radius 3 is 1.27 bits per heavy atom. The van der Waals surface area contributed by atoms with Gasteiger partial charge in [-0.25, -0.2) is 35.0 Å². The zero-order chi connectivity index (χ0) is 32.1. The highest BCUT2D eigenvalue weighted by Crippen LogP contribution is 2.09. The van der Waals surface area contributed by atoms with E-state index in [1.807, 2.05) is 0 Å². The Bertz CT molecular complexity index is 1950. The van der Waals surface area contributed by atoms with Gasteiger partial charge in [0.1, 0.15) is 0 Å². The summed E-state index contributed by atoms with van der Waals surface area (Å²) in [6.45, 7) is 0.444. The van der Waals surface area contributed by atoms with Crippen LogP contribution in [0.15, 0.2) is 67.7 Å². The van der Waals surface area contributed by atoms with Gasteiger partial charge < -0.3 is 9.97 Å². The molecule has 0 radical (unpaired) electrons. The molecule has 44 heavy (non-hydrogen) atoms. The van der Waals surface area contributed by atoms with Gasteiger partial charge in [0.15, 0.2) is 0 Å². The van der Waals surface area contributed by atoms with Crippen LogP contribution in [-0.2, 0) is 33.1 Å². The molecule has 0 saturated heterocycles. The van der Waals surface area contributed by atoms with Crippen LogP contribution in [0.3, 0.4) is 0 Å². The molecule has 2 aromatic heterocycles. The maximum Gasteiger partial charge on any atom is 0.328 e. The topological polar surface area (TPSA) is 184 Å². The molecule has 0 fully saturated rings. The third kappa shape index (κ3) is 7.99. The highest BCUT2D eigenvalue weighted by Gasteiger charge is 2.19. The first-order chi connectivity index (χ1) is 20.8. The molecule has 4 aromatic rings. The van der Waals surface area contributed by atoms with Crippen molar-refractivity contribution in [1.29, 1.82) is 0 Å². The number of hydrogen-bond acceptors (Lipinski definition) is 8. The molecule has 14 nitrogen and oxygen atoms in total. The van der Waals surface area contributed by atoms with Crippen molar-refractivity contribution in [1.82, 2.24) is 27.7 Å². The van der Waals surface area contributed by atoms with Crippen LogP contribution in [0.5, 0.6) is 0 Å². The van der Waals surface area contributed by atoms with Gasteiger partial charge in [0.2, 0.25) is 20.0 Å². The zero-order valence-corrected chi connectivity index (χ0v) is 26.2. The fourth-order valence-corrected chi connectivity index (χ4v) is 6.92. The summed E-state index contributed by atoms with van der Waals surface area (Å²) in [5.74, 6) is 0. The van der Waals surface area contributed by atoms with Gasteiger partial charge in [-0.2, -0.15) is 0 Å². The first kappa shape index (κ1) is 33.0. The standard InChI is InChI=1S/C28H36N6O8S2/c1-43(39,40)31(17-9-19-33-25(35)21-11-3-5-13-23(21)29-27(33)37)15-7-8-16-32(44(2,41)42)18-10-20-34-26(36)22-12-4-6-14-24(22)30-28(34)38/h3-6,11-14H,7-10,15-20H2,1-2H3,(H,29,37)(H,30,38). The molecular formula is C28H36N6O8S2. The van der Waals surface area contributed by atoms with E-state index in [-0.39, 0.29) is 52.1 Å². The van der Waals surface area contributed by atoms with E-state index < -0.39 is 42.5 Å². The zero-order valence-electron chi connectivity index (χ0n) is 24.6. The number of unbranched alkanes of at least 4 members (excludes halogenated alkanes) is 1. The molecule has 0 saturated carbocycles. The Labute approximate surface area is 253 Å². The number of aromatic amines is 2. The van der Waals surface area contributed by atoms with Crippen LogP contribution in [0.2, 0.25) is 0 Å². The lowest BCUT2D eigenvalue weighted by atomic mass is 10.2. The minimum Gasteiger partial charge on any atom is -0.307 e. The van der Waals surface area contributed by atoms with E-state index in [1.165, 1.54) is 8.61 Å². The molecule has 0 atom stereocenters. The lowest BCUT2D eigenvalue weighted by Gasteiger charge is -2.22. The van der Waals surface area contributed by atoms with Gasteiger partial charge in [-0.15, -0.1) is 0 Å². The Morgan fingerprint density at radius 1 is 0.568 bits per heavy atom. The number of fused-ring (bicyclic) bond motifs is 2. The van der Waals surface area contributed by atoms with Crippen molar-refractivity contribution in [3.8, 4) is 0 Å². The summed E-state index contributed by atoms with van der Waals surface area (Å²) in [5, 5.41) is 0.720. The molecule has 4 rings (SSSR count). The highest BCUT2D eigenvalue weighted by atomic mass is 32.2. The van der Waals surface area contributed by atoms with E-state index in [1.54, 1.807) is 48.5 Å². The van der Waals surface area contributed by atoms with Gasteiger partial charge in [-0.1, -0.05) is 24.3 Å². The van der Waals surface area contributed by atoms with Crippen molar-refractivity contribution in [2.24, 2.45) is 0 Å². The van der Waals surface area contributed by atoms with Gasteiger partial charge >= 0.3 is 11.4 Å². The van der Waals surface area contributed by atoms with E-state index in [2.05, 4.69) is 9.97 Å². The van der Waals surface area contributed by atoms with Crippen LogP contribution >= 0.6 is 0 Å². The predicted molar refractivity (Wildman–Crippen MR) is 169 cm³/mol. The second-order valence-corrected chi connectivity index (χ2v) is 14.6. The molecule has 2 heterocycles. The average molecular weight is 649 g/mol. The van der Waals surface area contributed by atoms with Gasteiger partial charge in [0.05, 0.1) is 34.3 Å². The summed E-state index contributed by atoms with van der Waals surface area (Å²) in [6.07, 6.45) is 3.30. The van der Waals surface area contributed by atoms with Crippen molar-refractivity contribution in [2.75, 3.05) is 38.7 Å². The van der Waals surface area contributed by atoms with Crippen molar-refractivity contribution in [2.45, 2.75) is 38.8 Å². The van der Waals surface area contributed by atoms with Crippen molar-refractivity contribution < 1.29 is 16.8 Å². The van der Waals surface area contributed by atoms with E-state index >= 15 is 0 Å². The van der Waals surface area contributed by atoms with E-state index in [0.717, 1.165) is 21.6 Å². The SMILES string of the molecule is CS(=O)(=O)N(CCCCN(CCCn1c(=O)[nH]c2ccccc2c1=O)S(C)(=O)=O)CCCn1c(=O)[nH]c2ccccc2c1=O. The lowest BCUT2D eigenvalue weighted by Crippen LogP contribution is -2.38. The number of para-hydroxylation sites is 2. The van der Waals surface area contributed by atoms with Gasteiger partial charge in [-0.3, -0.25) is 18.7 Å². The molecule has 2 aromatic carbocycles. The van der Waals surface area contributed by atoms with Crippen LogP contribution < -0.4 is 22.5 Å². The number of hydrogen-bond donors (Lipinski definition) is 2. The smallest absolute Gasteiger partial charge is 0.307 e. The van der Waals surface area contributed by atoms with Crippen molar-refractivity contribution >= 4 is 41.9 Å². The molecule has 0 aliphatic heterocycles. The summed E-state index contributed by atoms with van der Waals surface area (Å²) in [6, 6.07) is 13.3. The third-order valence-electron chi connectivity index (χ3n) is 7.36. The number of aromatic nitrogens is 4. The second-order valence-electron chi connectivity index (χ2n) is 10.6. The number of rotatable bonds is 15. The predicted octanol–water partition coefficient (Wildman–Crippen LogP) is 0.477. The molecule has 0 bridgehead atoms. The molecule has 0 unspecified atom stereocenters. The lowest BCUT2D eigenvalue weighted by molar-refractivity contribution is 0.356. The van der Waals surface area contributed by atoms with Crippen LogP contribution in [0, 0.1) is 0 Å². The van der Waals surface area contributed by atoms with Crippen LogP contribution in [0.25, 0.3) is 21.8 Å². The minimum absolute atomic E-state index is 0.0238. The van der Waals surface area contributed by atoms with Gasteiger partial charge in [0.25, 0.3) is 11.1 Å². The Hall–Kier alpha value is -3.86. The summed E-state index contributed by atoms with van der Waals surface area (Å²) < 4.78 is 54.2. The van der Waals surface area contributed by atoms with Crippen LogP contribution in [-0.4, -0.2) is 83.2 Å². The molecule has 238 valence electrons. The van der Waals surface area contributed by atoms with E-state index in [0.29, 0.717) is 34.6 Å². The average Bonchev–Trinajstić information content (AvgIpc) is 2.95. The maximum atomic E-state index is 12.7. The molecule has 0 spiro atoms. The van der Waals surface area contributed by atoms with E-state index in [9.17, 15) is 36.0 Å². The summed E-state index contributed by atoms with van der Waals surface area (Å²) in [5.41, 5.74) is -1.20. The first-order valence-electron chi connectivity index (χ1n) is 14.1. The molecule has 2 N–H and O–H groups in total. The van der Waals surface area contributed by atoms with Gasteiger partial charge in [-0.05, 0) is 49.9 Å². The number of nitrogens with one attached hydrogen (secondary N) is 2. The number of sulfonamides is 2. The normalized spacial score (nSPS) is 12.5. The largest absolute Gasteiger partial charge is 0.328 e. The summed E-state index contributed by atoms with van der Waals surface area (Å²) in [4.78, 5) is 55.6. The number of H-pyrrole nitrogens is 2. The molecule has 0 aliphatic carbocycles. The molecule has 0 amide bonds. The maximum absolute atomic E-state index is 12.7. The molecule has 16 heteroatoms. The Balaban J connectivity index is 1.31.